The van der Waals surface area contributed by atoms with Crippen LogP contribution in [0.5, 0.6) is 0 Å². The molecule has 0 atom stereocenters. The zero-order chi connectivity index (χ0) is 33.2. The third-order valence-electron chi connectivity index (χ3n) is 9.65. The lowest BCUT2D eigenvalue weighted by atomic mass is 9.97. The number of benzene rings is 1. The second kappa shape index (κ2) is 11.2. The summed E-state index contributed by atoms with van der Waals surface area (Å²) in [5.41, 5.74) is 11.5. The number of aromatic nitrogens is 4. The molecule has 10 heteroatoms. The third kappa shape index (κ3) is 4.47. The molecular weight excluding hydrogens is 580 g/mol. The van der Waals surface area contributed by atoms with E-state index in [4.69, 9.17) is 9.97 Å². The monoisotopic (exact) mass is 616 g/mol. The van der Waals surface area contributed by atoms with Crippen LogP contribution in [-0.4, -0.2) is 29.8 Å². The second-order valence-electron chi connectivity index (χ2n) is 12.0. The summed E-state index contributed by atoms with van der Waals surface area (Å²) in [5, 5.41) is 25.8. The molecule has 1 aromatic carbocycles. The molecule has 2 N–H and O–H groups in total. The van der Waals surface area contributed by atoms with Gasteiger partial charge in [0.1, 0.15) is 22.6 Å². The molecule has 0 unspecified atom stereocenters. The molecular formula is C36H36N6O4. The molecule has 46 heavy (non-hydrogen) atoms. The number of aryl methyl sites for hydroxylation is 4. The quantitative estimate of drug-likeness (QED) is 0.169. The fourth-order valence-corrected chi connectivity index (χ4v) is 6.83. The lowest BCUT2D eigenvalue weighted by Gasteiger charge is -2.07. The van der Waals surface area contributed by atoms with E-state index in [9.17, 15) is 20.2 Å². The van der Waals surface area contributed by atoms with Gasteiger partial charge in [-0.3, -0.25) is 20.2 Å². The Hall–Kier alpha value is -5.38. The van der Waals surface area contributed by atoms with Gasteiger partial charge in [-0.2, -0.15) is 0 Å². The van der Waals surface area contributed by atoms with Crippen molar-refractivity contribution >= 4 is 55.7 Å². The van der Waals surface area contributed by atoms with E-state index >= 15 is 0 Å². The Morgan fingerprint density at radius 2 is 1.22 bits per heavy atom. The number of nitro groups is 2. The van der Waals surface area contributed by atoms with Crippen molar-refractivity contribution in [2.75, 3.05) is 0 Å². The topological polar surface area (TPSA) is 144 Å². The maximum atomic E-state index is 13.0. The van der Waals surface area contributed by atoms with Gasteiger partial charge in [0.25, 0.3) is 0 Å². The first-order valence-corrected chi connectivity index (χ1v) is 15.4. The maximum Gasteiger partial charge on any atom is 0.320 e. The average molecular weight is 617 g/mol. The maximum absolute atomic E-state index is 13.0. The van der Waals surface area contributed by atoms with E-state index in [1.165, 1.54) is 0 Å². The number of hydrogen-bond donors (Lipinski definition) is 2. The summed E-state index contributed by atoms with van der Waals surface area (Å²) in [6, 6.07) is 11.9. The molecule has 0 saturated heterocycles. The molecule has 3 aromatic heterocycles. The zero-order valence-corrected chi connectivity index (χ0v) is 27.3. The Morgan fingerprint density at radius 1 is 0.652 bits per heavy atom. The van der Waals surface area contributed by atoms with Gasteiger partial charge in [0.05, 0.1) is 21.1 Å². The smallest absolute Gasteiger partial charge is 0.320 e. The van der Waals surface area contributed by atoms with Gasteiger partial charge in [-0.15, -0.1) is 0 Å². The largest absolute Gasteiger partial charge is 0.354 e. The van der Waals surface area contributed by atoms with Gasteiger partial charge in [-0.1, -0.05) is 44.2 Å². The lowest BCUT2D eigenvalue weighted by Crippen LogP contribution is -1.99. The summed E-state index contributed by atoms with van der Waals surface area (Å²) in [7, 11) is 0. The molecule has 10 nitrogen and oxygen atoms in total. The van der Waals surface area contributed by atoms with Crippen molar-refractivity contribution in [3.05, 3.63) is 102 Å². The van der Waals surface area contributed by atoms with Crippen LogP contribution in [0.3, 0.4) is 0 Å². The van der Waals surface area contributed by atoms with Crippen LogP contribution in [-0.2, 0) is 6.42 Å². The van der Waals surface area contributed by atoms with Crippen molar-refractivity contribution in [2.45, 2.75) is 68.2 Å². The standard InChI is InChI=1S/C36H36N6O4/c1-9-24-21(7)27-16-26-17(3)18(4)29(37-26)28(23-14-12-11-13-15-23)30-19(5)20(6)31(39-30)35(41(43)44)32-22(8)25(10-2)34(40-32)36(42(45)46)33(24)38-27/h11-16,37-38H,9-10H2,1-8H3. The molecule has 0 saturated carbocycles. The van der Waals surface area contributed by atoms with Gasteiger partial charge in [0, 0.05) is 16.6 Å². The minimum absolute atomic E-state index is 0.0963. The van der Waals surface area contributed by atoms with Crippen LogP contribution in [0, 0.1) is 41.0 Å². The van der Waals surface area contributed by atoms with Crippen LogP contribution in [0.4, 0.5) is 11.4 Å². The van der Waals surface area contributed by atoms with E-state index in [0.717, 1.165) is 55.5 Å². The molecule has 4 aromatic rings. The Labute approximate surface area is 266 Å². The van der Waals surface area contributed by atoms with Crippen LogP contribution in [0.25, 0.3) is 55.5 Å². The minimum atomic E-state index is -0.459. The average Bonchev–Trinajstić information content (AvgIpc) is 3.69. The molecule has 8 bridgehead atoms. The number of nitrogens with zero attached hydrogens (tertiary/aromatic N) is 4. The van der Waals surface area contributed by atoms with Crippen LogP contribution in [0.15, 0.2) is 36.4 Å². The lowest BCUT2D eigenvalue weighted by molar-refractivity contribution is -0.385. The first-order valence-electron chi connectivity index (χ1n) is 15.4. The van der Waals surface area contributed by atoms with E-state index < -0.39 is 9.85 Å². The third-order valence-corrected chi connectivity index (χ3v) is 9.65. The van der Waals surface area contributed by atoms with E-state index in [1.54, 1.807) is 6.92 Å². The molecule has 0 aliphatic carbocycles. The van der Waals surface area contributed by atoms with Crippen molar-refractivity contribution in [2.24, 2.45) is 0 Å². The Morgan fingerprint density at radius 3 is 1.83 bits per heavy atom. The predicted octanol–water partition coefficient (Wildman–Crippen LogP) is 9.58. The highest BCUT2D eigenvalue weighted by molar-refractivity contribution is 6.04. The Balaban J connectivity index is 2.00. The predicted molar refractivity (Wildman–Crippen MR) is 184 cm³/mol. The van der Waals surface area contributed by atoms with Crippen molar-refractivity contribution in [1.82, 2.24) is 19.9 Å². The molecule has 234 valence electrons. The summed E-state index contributed by atoms with van der Waals surface area (Å²) >= 11 is 0. The van der Waals surface area contributed by atoms with Crippen LogP contribution in [0.2, 0.25) is 0 Å². The number of hydrogen-bond acceptors (Lipinski definition) is 6. The van der Waals surface area contributed by atoms with Gasteiger partial charge in [-0.05, 0) is 111 Å². The van der Waals surface area contributed by atoms with E-state index in [2.05, 4.69) is 9.97 Å². The molecule has 2 aliphatic heterocycles. The van der Waals surface area contributed by atoms with Crippen LogP contribution < -0.4 is 0 Å². The van der Waals surface area contributed by atoms with Crippen molar-refractivity contribution in [3.8, 4) is 11.1 Å². The van der Waals surface area contributed by atoms with Gasteiger partial charge in [-0.25, -0.2) is 9.97 Å². The minimum Gasteiger partial charge on any atom is -0.354 e. The number of aromatic amines is 2. The first-order chi connectivity index (χ1) is 21.9. The molecule has 2 aliphatic rings. The zero-order valence-electron chi connectivity index (χ0n) is 27.3. The van der Waals surface area contributed by atoms with Gasteiger partial charge >= 0.3 is 11.4 Å². The highest BCUT2D eigenvalue weighted by Crippen LogP contribution is 2.46. The summed E-state index contributed by atoms with van der Waals surface area (Å²) in [5.74, 6) is 0. The highest BCUT2D eigenvalue weighted by Gasteiger charge is 2.35. The summed E-state index contributed by atoms with van der Waals surface area (Å²) < 4.78 is 0. The number of nitrogens with one attached hydrogen (secondary N) is 2. The molecule has 5 heterocycles. The van der Waals surface area contributed by atoms with Crippen LogP contribution >= 0.6 is 0 Å². The van der Waals surface area contributed by atoms with Crippen LogP contribution in [0.1, 0.15) is 86.1 Å². The molecule has 6 rings (SSSR count). The SMILES string of the molecule is CCC1=C(C)c2nc1c([N+](=O)[O-])c1[nH]c(cc3[nH]c(c(C)c3C)c(-c3ccccc3)c3nc(c2[N+](=O)[O-])C(C)=C3C)c(C)c1CC. The van der Waals surface area contributed by atoms with Crippen molar-refractivity contribution in [3.63, 3.8) is 0 Å². The summed E-state index contributed by atoms with van der Waals surface area (Å²) in [6.07, 6.45) is 0.950. The molecule has 0 radical (unpaired) electrons. The fourth-order valence-electron chi connectivity index (χ4n) is 6.83. The summed E-state index contributed by atoms with van der Waals surface area (Å²) in [4.78, 5) is 41.7. The van der Waals surface area contributed by atoms with Gasteiger partial charge < -0.3 is 9.97 Å². The first kappa shape index (κ1) is 30.6. The Kier molecular flexibility index (Phi) is 7.46. The number of rotatable bonds is 5. The van der Waals surface area contributed by atoms with E-state index in [-0.39, 0.29) is 28.5 Å². The normalized spacial score (nSPS) is 13.1. The Bertz CT molecular complexity index is 2240. The number of allylic oxidation sites excluding steroid dienone is 4. The van der Waals surface area contributed by atoms with Crippen molar-refractivity contribution in [1.29, 1.82) is 0 Å². The number of H-pyrrole nitrogens is 2. The van der Waals surface area contributed by atoms with E-state index in [0.29, 0.717) is 40.8 Å². The van der Waals surface area contributed by atoms with Gasteiger partial charge in [0.15, 0.2) is 0 Å². The molecule has 0 spiro atoms. The van der Waals surface area contributed by atoms with Gasteiger partial charge in [0.2, 0.25) is 0 Å². The fraction of sp³-hybridized carbons (Fsp3) is 0.278. The van der Waals surface area contributed by atoms with E-state index in [1.807, 2.05) is 84.9 Å². The molecule has 0 fully saturated rings. The number of fused-ring (bicyclic) bond motifs is 8. The van der Waals surface area contributed by atoms with Crippen molar-refractivity contribution < 1.29 is 9.85 Å². The second-order valence-corrected chi connectivity index (χ2v) is 12.0. The summed E-state index contributed by atoms with van der Waals surface area (Å²) in [6.45, 7) is 15.4. The molecule has 0 amide bonds. The highest BCUT2D eigenvalue weighted by atomic mass is 16.6.